The van der Waals surface area contributed by atoms with Crippen LogP contribution in [0.3, 0.4) is 0 Å². The monoisotopic (exact) mass is 354 g/mol. The molecule has 0 saturated carbocycles. The average Bonchev–Trinajstić information content (AvgIpc) is 3.00. The molecule has 0 atom stereocenters. The Kier molecular flexibility index (Phi) is 4.86. The number of aromatic nitrogens is 3. The van der Waals surface area contributed by atoms with Gasteiger partial charge in [0.2, 0.25) is 0 Å². The number of carbonyl (C=O) groups is 1. The maximum Gasteiger partial charge on any atom is 0.260 e. The van der Waals surface area contributed by atoms with Crippen molar-refractivity contribution in [2.24, 2.45) is 0 Å². The van der Waals surface area contributed by atoms with E-state index in [0.717, 1.165) is 17.1 Å². The van der Waals surface area contributed by atoms with Gasteiger partial charge in [-0.25, -0.2) is 9.67 Å². The summed E-state index contributed by atoms with van der Waals surface area (Å²) in [5, 5.41) is 7.87. The fourth-order valence-corrected chi connectivity index (χ4v) is 2.88. The van der Waals surface area contributed by atoms with E-state index in [2.05, 4.69) is 15.4 Å². The van der Waals surface area contributed by atoms with Crippen molar-refractivity contribution in [1.29, 1.82) is 0 Å². The highest BCUT2D eigenvalue weighted by molar-refractivity contribution is 6.30. The standard InChI is InChI=1S/C19H19ClN4O/c1-12(2)18-16(19(25)23-17-9-4-6-13(3)22-17)11-21-24(18)15-8-5-7-14(20)10-15/h4-12H,1-3H3,(H,22,23,25). The van der Waals surface area contributed by atoms with Gasteiger partial charge in [0.25, 0.3) is 5.91 Å². The first-order valence-corrected chi connectivity index (χ1v) is 8.42. The van der Waals surface area contributed by atoms with Gasteiger partial charge in [-0.1, -0.05) is 37.6 Å². The van der Waals surface area contributed by atoms with E-state index in [1.165, 1.54) is 0 Å². The number of benzene rings is 1. The Morgan fingerprint density at radius 1 is 1.20 bits per heavy atom. The second kappa shape index (κ2) is 7.07. The summed E-state index contributed by atoms with van der Waals surface area (Å²) in [7, 11) is 0. The molecule has 0 aliphatic rings. The molecule has 2 aromatic heterocycles. The largest absolute Gasteiger partial charge is 0.306 e. The number of pyridine rings is 1. The number of carbonyl (C=O) groups excluding carboxylic acids is 1. The minimum atomic E-state index is -0.227. The topological polar surface area (TPSA) is 59.8 Å². The van der Waals surface area contributed by atoms with Crippen LogP contribution in [0.15, 0.2) is 48.7 Å². The Labute approximate surface area is 151 Å². The van der Waals surface area contributed by atoms with Crippen LogP contribution in [0.4, 0.5) is 5.82 Å². The lowest BCUT2D eigenvalue weighted by Crippen LogP contribution is -2.16. The van der Waals surface area contributed by atoms with Gasteiger partial charge in [0.1, 0.15) is 5.82 Å². The first-order chi connectivity index (χ1) is 12.0. The Morgan fingerprint density at radius 2 is 1.96 bits per heavy atom. The van der Waals surface area contributed by atoms with Crippen molar-refractivity contribution in [3.05, 3.63) is 70.6 Å². The quantitative estimate of drug-likeness (QED) is 0.744. The van der Waals surface area contributed by atoms with Crippen LogP contribution in [0.25, 0.3) is 5.69 Å². The maximum absolute atomic E-state index is 12.7. The second-order valence-corrected chi connectivity index (χ2v) is 6.54. The van der Waals surface area contributed by atoms with Crippen molar-refractivity contribution in [2.75, 3.05) is 5.32 Å². The van der Waals surface area contributed by atoms with Gasteiger partial charge in [0.05, 0.1) is 23.1 Å². The predicted molar refractivity (Wildman–Crippen MR) is 99.6 cm³/mol. The molecule has 5 nitrogen and oxygen atoms in total. The zero-order valence-corrected chi connectivity index (χ0v) is 15.1. The summed E-state index contributed by atoms with van der Waals surface area (Å²) < 4.78 is 1.76. The van der Waals surface area contributed by atoms with Crippen molar-refractivity contribution >= 4 is 23.3 Å². The molecule has 1 aromatic carbocycles. The number of nitrogens with zero attached hydrogens (tertiary/aromatic N) is 3. The molecular weight excluding hydrogens is 336 g/mol. The molecule has 2 heterocycles. The first kappa shape index (κ1) is 17.2. The molecule has 0 spiro atoms. The third-order valence-corrected chi connectivity index (χ3v) is 4.02. The molecule has 6 heteroatoms. The molecule has 0 saturated heterocycles. The van der Waals surface area contributed by atoms with Crippen molar-refractivity contribution in [3.63, 3.8) is 0 Å². The summed E-state index contributed by atoms with van der Waals surface area (Å²) in [6.07, 6.45) is 1.58. The normalized spacial score (nSPS) is 10.9. The van der Waals surface area contributed by atoms with Crippen molar-refractivity contribution < 1.29 is 4.79 Å². The van der Waals surface area contributed by atoms with Crippen LogP contribution in [0.1, 0.15) is 41.5 Å². The van der Waals surface area contributed by atoms with E-state index in [4.69, 9.17) is 11.6 Å². The highest BCUT2D eigenvalue weighted by Gasteiger charge is 2.21. The Morgan fingerprint density at radius 3 is 2.64 bits per heavy atom. The van der Waals surface area contributed by atoms with E-state index in [-0.39, 0.29) is 11.8 Å². The highest BCUT2D eigenvalue weighted by Crippen LogP contribution is 2.25. The van der Waals surface area contributed by atoms with Gasteiger partial charge in [-0.2, -0.15) is 5.10 Å². The maximum atomic E-state index is 12.7. The molecule has 0 aliphatic heterocycles. The molecule has 128 valence electrons. The number of rotatable bonds is 4. The van der Waals surface area contributed by atoms with E-state index in [9.17, 15) is 4.79 Å². The smallest absolute Gasteiger partial charge is 0.260 e. The van der Waals surface area contributed by atoms with Gasteiger partial charge < -0.3 is 5.32 Å². The second-order valence-electron chi connectivity index (χ2n) is 6.11. The lowest BCUT2D eigenvalue weighted by molar-refractivity contribution is 0.102. The molecule has 1 N–H and O–H groups in total. The van der Waals surface area contributed by atoms with Gasteiger partial charge in [-0.15, -0.1) is 0 Å². The third kappa shape index (κ3) is 3.72. The van der Waals surface area contributed by atoms with Crippen LogP contribution in [0.5, 0.6) is 0 Å². The molecular formula is C19H19ClN4O. The molecule has 0 aliphatic carbocycles. The molecule has 0 radical (unpaired) electrons. The van der Waals surface area contributed by atoms with Crippen molar-refractivity contribution in [3.8, 4) is 5.69 Å². The van der Waals surface area contributed by atoms with Gasteiger partial charge >= 0.3 is 0 Å². The van der Waals surface area contributed by atoms with E-state index in [0.29, 0.717) is 16.4 Å². The minimum absolute atomic E-state index is 0.104. The molecule has 3 rings (SSSR count). The molecule has 1 amide bonds. The van der Waals surface area contributed by atoms with E-state index in [1.54, 1.807) is 23.0 Å². The summed E-state index contributed by atoms with van der Waals surface area (Å²) >= 11 is 6.09. The van der Waals surface area contributed by atoms with E-state index < -0.39 is 0 Å². The van der Waals surface area contributed by atoms with Gasteiger partial charge in [0.15, 0.2) is 0 Å². The number of nitrogens with one attached hydrogen (secondary N) is 1. The number of aryl methyl sites for hydroxylation is 1. The molecule has 0 fully saturated rings. The van der Waals surface area contributed by atoms with E-state index >= 15 is 0 Å². The zero-order valence-electron chi connectivity index (χ0n) is 14.3. The first-order valence-electron chi connectivity index (χ1n) is 8.04. The number of anilines is 1. The van der Waals surface area contributed by atoms with Crippen LogP contribution in [-0.2, 0) is 0 Å². The van der Waals surface area contributed by atoms with Crippen molar-refractivity contribution in [1.82, 2.24) is 14.8 Å². The summed E-state index contributed by atoms with van der Waals surface area (Å²) in [4.78, 5) is 17.0. The zero-order chi connectivity index (χ0) is 18.0. The molecule has 0 bridgehead atoms. The van der Waals surface area contributed by atoms with Crippen LogP contribution in [-0.4, -0.2) is 20.7 Å². The van der Waals surface area contributed by atoms with Crippen LogP contribution < -0.4 is 5.32 Å². The number of hydrogen-bond acceptors (Lipinski definition) is 3. The van der Waals surface area contributed by atoms with Crippen molar-refractivity contribution in [2.45, 2.75) is 26.7 Å². The molecule has 25 heavy (non-hydrogen) atoms. The van der Waals surface area contributed by atoms with Gasteiger partial charge in [0, 0.05) is 10.7 Å². The Balaban J connectivity index is 1.98. The predicted octanol–water partition coefficient (Wildman–Crippen LogP) is 4.60. The number of hydrogen-bond donors (Lipinski definition) is 1. The number of amides is 1. The minimum Gasteiger partial charge on any atom is -0.306 e. The summed E-state index contributed by atoms with van der Waals surface area (Å²) in [5.41, 5.74) is 3.02. The fourth-order valence-electron chi connectivity index (χ4n) is 2.70. The summed E-state index contributed by atoms with van der Waals surface area (Å²) in [5.74, 6) is 0.401. The fraction of sp³-hybridized carbons (Fsp3) is 0.211. The highest BCUT2D eigenvalue weighted by atomic mass is 35.5. The summed E-state index contributed by atoms with van der Waals surface area (Å²) in [6.45, 7) is 5.94. The van der Waals surface area contributed by atoms with Crippen LogP contribution in [0.2, 0.25) is 5.02 Å². The Hall–Kier alpha value is -2.66. The summed E-state index contributed by atoms with van der Waals surface area (Å²) in [6, 6.07) is 12.9. The van der Waals surface area contributed by atoms with Crippen LogP contribution >= 0.6 is 11.6 Å². The number of halogens is 1. The lowest BCUT2D eigenvalue weighted by Gasteiger charge is -2.13. The van der Waals surface area contributed by atoms with E-state index in [1.807, 2.05) is 51.1 Å². The Bertz CT molecular complexity index is 917. The third-order valence-electron chi connectivity index (χ3n) is 3.78. The SMILES string of the molecule is Cc1cccc(NC(=O)c2cnn(-c3cccc(Cl)c3)c2C(C)C)n1. The van der Waals surface area contributed by atoms with Crippen LogP contribution in [0, 0.1) is 6.92 Å². The average molecular weight is 355 g/mol. The molecule has 3 aromatic rings. The molecule has 0 unspecified atom stereocenters. The van der Waals surface area contributed by atoms with Gasteiger partial charge in [-0.05, 0) is 43.2 Å². The van der Waals surface area contributed by atoms with Gasteiger partial charge in [-0.3, -0.25) is 4.79 Å². The lowest BCUT2D eigenvalue weighted by atomic mass is 10.0.